The molecule has 1 fully saturated rings. The highest BCUT2D eigenvalue weighted by Crippen LogP contribution is 2.27. The third-order valence-corrected chi connectivity index (χ3v) is 2.32. The number of furan rings is 1. The summed E-state index contributed by atoms with van der Waals surface area (Å²) in [6, 6.07) is 3.39. The van der Waals surface area contributed by atoms with Gasteiger partial charge in [0.15, 0.2) is 11.6 Å². The van der Waals surface area contributed by atoms with Gasteiger partial charge in [-0.3, -0.25) is 9.59 Å². The highest BCUT2D eigenvalue weighted by Gasteiger charge is 2.33. The van der Waals surface area contributed by atoms with Crippen LogP contribution in [-0.4, -0.2) is 11.6 Å². The van der Waals surface area contributed by atoms with Gasteiger partial charge in [0.25, 0.3) is 0 Å². The lowest BCUT2D eigenvalue weighted by Crippen LogP contribution is -2.25. The molecule has 1 heterocycles. The van der Waals surface area contributed by atoms with Crippen molar-refractivity contribution in [2.24, 2.45) is 0 Å². The minimum Gasteiger partial charge on any atom is -0.468 e. The maximum atomic E-state index is 11.4. The third-order valence-electron chi connectivity index (χ3n) is 2.32. The highest BCUT2D eigenvalue weighted by molar-refractivity contribution is 6.08. The molecule has 68 valence electrons. The van der Waals surface area contributed by atoms with Crippen molar-refractivity contribution in [1.82, 2.24) is 0 Å². The fraction of sp³-hybridized carbons (Fsp3) is 0.400. The lowest BCUT2D eigenvalue weighted by Gasteiger charge is -2.16. The quantitative estimate of drug-likeness (QED) is 0.615. The number of rotatable bonds is 1. The van der Waals surface area contributed by atoms with E-state index in [0.717, 1.165) is 0 Å². The number of carbonyl (C=O) groups is 2. The van der Waals surface area contributed by atoms with E-state index in [1.807, 2.05) is 0 Å². The molecule has 0 aromatic carbocycles. The van der Waals surface area contributed by atoms with Crippen LogP contribution in [0.3, 0.4) is 0 Å². The summed E-state index contributed by atoms with van der Waals surface area (Å²) in [4.78, 5) is 22.8. The Hall–Kier alpha value is -1.38. The number of hydrogen-bond donors (Lipinski definition) is 0. The minimum absolute atomic E-state index is 0.00815. The first kappa shape index (κ1) is 8.23. The predicted molar refractivity (Wildman–Crippen MR) is 45.3 cm³/mol. The van der Waals surface area contributed by atoms with Crippen molar-refractivity contribution in [3.8, 4) is 0 Å². The van der Waals surface area contributed by atoms with Gasteiger partial charge in [-0.2, -0.15) is 0 Å². The molecule has 0 spiro atoms. The molecule has 1 aromatic heterocycles. The summed E-state index contributed by atoms with van der Waals surface area (Å²) in [6.07, 6.45) is 3.17. The van der Waals surface area contributed by atoms with E-state index in [9.17, 15) is 9.59 Å². The van der Waals surface area contributed by atoms with Crippen LogP contribution in [0.2, 0.25) is 0 Å². The van der Waals surface area contributed by atoms with E-state index in [1.165, 1.54) is 6.26 Å². The Balaban J connectivity index is 2.29. The van der Waals surface area contributed by atoms with Crippen LogP contribution in [-0.2, 0) is 9.59 Å². The van der Waals surface area contributed by atoms with Gasteiger partial charge in [-0.05, 0) is 18.6 Å². The normalized spacial score (nSPS) is 19.4. The van der Waals surface area contributed by atoms with Gasteiger partial charge in [-0.25, -0.2) is 0 Å². The standard InChI is InChI=1S/C10H10O3/c11-7-3-1-4-8(12)10(7)9-5-2-6-13-9/h2,5-6,10H,1,3-4H2. The molecule has 1 aliphatic carbocycles. The van der Waals surface area contributed by atoms with Gasteiger partial charge in [0.1, 0.15) is 11.7 Å². The Labute approximate surface area is 75.7 Å². The van der Waals surface area contributed by atoms with Gasteiger partial charge in [-0.1, -0.05) is 0 Å². The van der Waals surface area contributed by atoms with Crippen LogP contribution in [0.5, 0.6) is 0 Å². The van der Waals surface area contributed by atoms with Gasteiger partial charge in [0, 0.05) is 12.8 Å². The molecule has 0 atom stereocenters. The van der Waals surface area contributed by atoms with Crippen LogP contribution in [0.25, 0.3) is 0 Å². The lowest BCUT2D eigenvalue weighted by molar-refractivity contribution is -0.132. The van der Waals surface area contributed by atoms with E-state index in [0.29, 0.717) is 25.0 Å². The number of carbonyl (C=O) groups excluding carboxylic acids is 2. The fourth-order valence-electron chi connectivity index (χ4n) is 1.68. The molecule has 0 saturated heterocycles. The monoisotopic (exact) mass is 178 g/mol. The molecule has 0 unspecified atom stereocenters. The van der Waals surface area contributed by atoms with Gasteiger partial charge in [0.2, 0.25) is 0 Å². The van der Waals surface area contributed by atoms with E-state index >= 15 is 0 Å². The molecule has 1 saturated carbocycles. The first-order valence-electron chi connectivity index (χ1n) is 4.38. The molecule has 3 nitrogen and oxygen atoms in total. The second-order valence-electron chi connectivity index (χ2n) is 3.23. The summed E-state index contributed by atoms with van der Waals surface area (Å²) in [7, 11) is 0. The van der Waals surface area contributed by atoms with Crippen molar-refractivity contribution in [2.45, 2.75) is 25.2 Å². The summed E-state index contributed by atoms with van der Waals surface area (Å²) in [5.74, 6) is -0.143. The van der Waals surface area contributed by atoms with E-state index in [4.69, 9.17) is 4.42 Å². The van der Waals surface area contributed by atoms with Gasteiger partial charge < -0.3 is 4.42 Å². The molecular weight excluding hydrogens is 168 g/mol. The Bertz CT molecular complexity index is 308. The van der Waals surface area contributed by atoms with Crippen LogP contribution in [0.1, 0.15) is 30.9 Å². The van der Waals surface area contributed by atoms with Crippen molar-refractivity contribution < 1.29 is 14.0 Å². The molecule has 13 heavy (non-hydrogen) atoms. The average Bonchev–Trinajstić information content (AvgIpc) is 2.57. The summed E-state index contributed by atoms with van der Waals surface area (Å²) >= 11 is 0. The van der Waals surface area contributed by atoms with E-state index in [2.05, 4.69) is 0 Å². The number of hydrogen-bond acceptors (Lipinski definition) is 3. The first-order valence-corrected chi connectivity index (χ1v) is 4.38. The van der Waals surface area contributed by atoms with Crippen LogP contribution < -0.4 is 0 Å². The Morgan fingerprint density at radius 1 is 1.23 bits per heavy atom. The zero-order valence-corrected chi connectivity index (χ0v) is 7.16. The van der Waals surface area contributed by atoms with Crippen molar-refractivity contribution in [3.05, 3.63) is 24.2 Å². The van der Waals surface area contributed by atoms with E-state index in [-0.39, 0.29) is 11.6 Å². The van der Waals surface area contributed by atoms with Crippen molar-refractivity contribution >= 4 is 11.6 Å². The smallest absolute Gasteiger partial charge is 0.150 e. The number of Topliss-reactive ketones (excluding diaryl/α,β-unsaturated/α-hetero) is 2. The van der Waals surface area contributed by atoms with Crippen molar-refractivity contribution in [3.63, 3.8) is 0 Å². The summed E-state index contributed by atoms with van der Waals surface area (Å²) in [5, 5.41) is 0. The van der Waals surface area contributed by atoms with Crippen LogP contribution in [0.15, 0.2) is 22.8 Å². The summed E-state index contributed by atoms with van der Waals surface area (Å²) in [6.45, 7) is 0. The SMILES string of the molecule is O=C1CCCC(=O)C1c1ccco1. The molecule has 2 rings (SSSR count). The predicted octanol–water partition coefficient (Wildman–Crippen LogP) is 1.69. The van der Waals surface area contributed by atoms with Crippen molar-refractivity contribution in [2.75, 3.05) is 0 Å². The molecule has 0 radical (unpaired) electrons. The van der Waals surface area contributed by atoms with Crippen LogP contribution in [0.4, 0.5) is 0 Å². The minimum atomic E-state index is -0.622. The Morgan fingerprint density at radius 3 is 2.46 bits per heavy atom. The maximum Gasteiger partial charge on any atom is 0.150 e. The first-order chi connectivity index (χ1) is 6.29. The molecule has 1 aliphatic rings. The van der Waals surface area contributed by atoms with E-state index < -0.39 is 5.92 Å². The molecular formula is C10H10O3. The number of ketones is 2. The molecule has 0 amide bonds. The van der Waals surface area contributed by atoms with Gasteiger partial charge >= 0.3 is 0 Å². The van der Waals surface area contributed by atoms with Gasteiger partial charge in [0.05, 0.1) is 6.26 Å². The molecule has 1 aromatic rings. The molecule has 0 aliphatic heterocycles. The van der Waals surface area contributed by atoms with E-state index in [1.54, 1.807) is 12.1 Å². The molecule has 0 bridgehead atoms. The van der Waals surface area contributed by atoms with Gasteiger partial charge in [-0.15, -0.1) is 0 Å². The largest absolute Gasteiger partial charge is 0.468 e. The lowest BCUT2D eigenvalue weighted by atomic mass is 9.85. The molecule has 3 heteroatoms. The Kier molecular flexibility index (Phi) is 2.00. The van der Waals surface area contributed by atoms with Crippen LogP contribution >= 0.6 is 0 Å². The summed E-state index contributed by atoms with van der Waals surface area (Å²) in [5.41, 5.74) is 0. The highest BCUT2D eigenvalue weighted by atomic mass is 16.3. The topological polar surface area (TPSA) is 47.3 Å². The van der Waals surface area contributed by atoms with Crippen LogP contribution in [0, 0.1) is 0 Å². The maximum absolute atomic E-state index is 11.4. The summed E-state index contributed by atoms with van der Waals surface area (Å²) < 4.78 is 5.07. The Morgan fingerprint density at radius 2 is 1.92 bits per heavy atom. The fourth-order valence-corrected chi connectivity index (χ4v) is 1.68. The third kappa shape index (κ3) is 1.41. The van der Waals surface area contributed by atoms with Crippen molar-refractivity contribution in [1.29, 1.82) is 0 Å². The second kappa shape index (κ2) is 3.17. The zero-order valence-electron chi connectivity index (χ0n) is 7.16. The second-order valence-corrected chi connectivity index (χ2v) is 3.23. The molecule has 0 N–H and O–H groups in total. The zero-order chi connectivity index (χ0) is 9.26. The average molecular weight is 178 g/mol.